The highest BCUT2D eigenvalue weighted by molar-refractivity contribution is 5.82. The minimum absolute atomic E-state index is 0.0810. The molecule has 3 aromatic rings. The Balaban J connectivity index is 2.07. The van der Waals surface area contributed by atoms with Gasteiger partial charge in [0, 0.05) is 29.1 Å². The van der Waals surface area contributed by atoms with Crippen molar-refractivity contribution < 1.29 is 4.92 Å². The molecule has 0 atom stereocenters. The third-order valence-electron chi connectivity index (χ3n) is 3.35. The van der Waals surface area contributed by atoms with Crippen LogP contribution in [0.25, 0.3) is 11.1 Å². The quantitative estimate of drug-likeness (QED) is 0.543. The van der Waals surface area contributed by atoms with Crippen LogP contribution in [0.3, 0.4) is 0 Å². The molecule has 4 nitrogen and oxygen atoms in total. The number of hydrogen-bond acceptors (Lipinski definition) is 3. The summed E-state index contributed by atoms with van der Waals surface area (Å²) in [6, 6.07) is 24.2. The predicted molar refractivity (Wildman–Crippen MR) is 88.3 cm³/mol. The lowest BCUT2D eigenvalue weighted by atomic mass is 10.0. The van der Waals surface area contributed by atoms with Gasteiger partial charge in [-0.25, -0.2) is 0 Å². The van der Waals surface area contributed by atoms with Crippen LogP contribution in [0.5, 0.6) is 0 Å². The third kappa shape index (κ3) is 2.96. The second-order valence-electron chi connectivity index (χ2n) is 4.84. The average molecular weight is 290 g/mol. The number of nitro benzene ring substituents is 1. The molecule has 3 rings (SSSR count). The van der Waals surface area contributed by atoms with E-state index in [1.54, 1.807) is 12.1 Å². The molecular weight excluding hydrogens is 276 g/mol. The topological polar surface area (TPSA) is 55.2 Å². The monoisotopic (exact) mass is 290 g/mol. The summed E-state index contributed by atoms with van der Waals surface area (Å²) < 4.78 is 0. The summed E-state index contributed by atoms with van der Waals surface area (Å²) in [7, 11) is 0. The number of anilines is 2. The van der Waals surface area contributed by atoms with Crippen molar-refractivity contribution in [2.75, 3.05) is 5.32 Å². The summed E-state index contributed by atoms with van der Waals surface area (Å²) in [5.41, 5.74) is 3.59. The Morgan fingerprint density at radius 2 is 1.45 bits per heavy atom. The van der Waals surface area contributed by atoms with Crippen LogP contribution in [0, 0.1) is 10.1 Å². The number of para-hydroxylation sites is 1. The van der Waals surface area contributed by atoms with Crippen LogP contribution in [0.4, 0.5) is 17.1 Å². The molecule has 3 aromatic carbocycles. The van der Waals surface area contributed by atoms with E-state index in [-0.39, 0.29) is 10.6 Å². The highest BCUT2D eigenvalue weighted by atomic mass is 16.6. The van der Waals surface area contributed by atoms with Crippen molar-refractivity contribution in [1.82, 2.24) is 0 Å². The van der Waals surface area contributed by atoms with E-state index in [2.05, 4.69) is 5.32 Å². The molecule has 0 saturated heterocycles. The highest BCUT2D eigenvalue weighted by Gasteiger charge is 2.12. The number of nitrogens with one attached hydrogen (secondary N) is 1. The molecule has 0 heterocycles. The van der Waals surface area contributed by atoms with Gasteiger partial charge in [-0.15, -0.1) is 0 Å². The van der Waals surface area contributed by atoms with E-state index in [1.165, 1.54) is 6.07 Å². The van der Waals surface area contributed by atoms with Gasteiger partial charge >= 0.3 is 0 Å². The first-order valence-electron chi connectivity index (χ1n) is 6.90. The number of benzene rings is 3. The predicted octanol–water partition coefficient (Wildman–Crippen LogP) is 5.01. The summed E-state index contributed by atoms with van der Waals surface area (Å²) in [6.07, 6.45) is 0. The summed E-state index contributed by atoms with van der Waals surface area (Å²) >= 11 is 0. The number of nitro groups is 1. The maximum absolute atomic E-state index is 11.0. The molecule has 0 bridgehead atoms. The zero-order chi connectivity index (χ0) is 15.4. The lowest BCUT2D eigenvalue weighted by Crippen LogP contribution is -1.95. The van der Waals surface area contributed by atoms with Crippen molar-refractivity contribution in [1.29, 1.82) is 0 Å². The van der Waals surface area contributed by atoms with Crippen LogP contribution >= 0.6 is 0 Å². The smallest absolute Gasteiger partial charge is 0.270 e. The van der Waals surface area contributed by atoms with Gasteiger partial charge in [0.2, 0.25) is 0 Å². The molecule has 0 spiro atoms. The standard InChI is InChI=1S/C18H14N2O2/c21-20(22)16-11-12-18(19-15-9-5-2-6-10-15)17(13-16)14-7-3-1-4-8-14/h1-13,19H. The number of non-ortho nitro benzene ring substituents is 1. The van der Waals surface area contributed by atoms with Gasteiger partial charge in [0.15, 0.2) is 0 Å². The van der Waals surface area contributed by atoms with Gasteiger partial charge in [0.1, 0.15) is 0 Å². The van der Waals surface area contributed by atoms with Crippen molar-refractivity contribution in [2.45, 2.75) is 0 Å². The second kappa shape index (κ2) is 6.10. The zero-order valence-corrected chi connectivity index (χ0v) is 11.8. The molecule has 0 amide bonds. The van der Waals surface area contributed by atoms with Gasteiger partial charge in [-0.2, -0.15) is 0 Å². The SMILES string of the molecule is O=[N+]([O-])c1ccc(Nc2ccccc2)c(-c2ccccc2)c1. The Hall–Kier alpha value is -3.14. The van der Waals surface area contributed by atoms with Crippen LogP contribution < -0.4 is 5.32 Å². The Labute approximate surface area is 128 Å². The van der Waals surface area contributed by atoms with Crippen molar-refractivity contribution in [3.63, 3.8) is 0 Å². The maximum Gasteiger partial charge on any atom is 0.270 e. The summed E-state index contributed by atoms with van der Waals surface area (Å²) in [4.78, 5) is 10.7. The first-order valence-corrected chi connectivity index (χ1v) is 6.90. The van der Waals surface area contributed by atoms with Crippen LogP contribution in [-0.4, -0.2) is 4.92 Å². The highest BCUT2D eigenvalue weighted by Crippen LogP contribution is 2.33. The molecule has 0 unspecified atom stereocenters. The Bertz CT molecular complexity index is 787. The molecule has 0 aliphatic carbocycles. The van der Waals surface area contributed by atoms with Crippen LogP contribution in [-0.2, 0) is 0 Å². The number of hydrogen-bond donors (Lipinski definition) is 1. The fraction of sp³-hybridized carbons (Fsp3) is 0. The van der Waals surface area contributed by atoms with Crippen LogP contribution in [0.2, 0.25) is 0 Å². The van der Waals surface area contributed by atoms with Crippen LogP contribution in [0.15, 0.2) is 78.9 Å². The van der Waals surface area contributed by atoms with Gasteiger partial charge in [-0.3, -0.25) is 10.1 Å². The van der Waals surface area contributed by atoms with Gasteiger partial charge < -0.3 is 5.32 Å². The van der Waals surface area contributed by atoms with E-state index in [4.69, 9.17) is 0 Å². The van der Waals surface area contributed by atoms with Crippen molar-refractivity contribution >= 4 is 17.1 Å². The van der Waals surface area contributed by atoms with Crippen molar-refractivity contribution in [3.8, 4) is 11.1 Å². The molecule has 108 valence electrons. The van der Waals surface area contributed by atoms with E-state index in [0.717, 1.165) is 22.5 Å². The van der Waals surface area contributed by atoms with Crippen molar-refractivity contribution in [2.24, 2.45) is 0 Å². The fourth-order valence-electron chi connectivity index (χ4n) is 2.29. The first kappa shape index (κ1) is 13.8. The maximum atomic E-state index is 11.0. The van der Waals surface area contributed by atoms with Gasteiger partial charge in [0.05, 0.1) is 4.92 Å². The Morgan fingerprint density at radius 1 is 0.818 bits per heavy atom. The number of rotatable bonds is 4. The van der Waals surface area contributed by atoms with E-state index in [1.807, 2.05) is 60.7 Å². The van der Waals surface area contributed by atoms with Crippen molar-refractivity contribution in [3.05, 3.63) is 89.0 Å². The lowest BCUT2D eigenvalue weighted by molar-refractivity contribution is -0.384. The molecule has 0 aromatic heterocycles. The van der Waals surface area contributed by atoms with E-state index in [9.17, 15) is 10.1 Å². The molecule has 4 heteroatoms. The fourth-order valence-corrected chi connectivity index (χ4v) is 2.29. The van der Waals surface area contributed by atoms with Gasteiger partial charge in [-0.05, 0) is 23.8 Å². The summed E-state index contributed by atoms with van der Waals surface area (Å²) in [5, 5.41) is 14.4. The molecule has 0 saturated carbocycles. The largest absolute Gasteiger partial charge is 0.355 e. The second-order valence-corrected chi connectivity index (χ2v) is 4.84. The molecule has 0 aliphatic rings. The minimum Gasteiger partial charge on any atom is -0.355 e. The van der Waals surface area contributed by atoms with E-state index >= 15 is 0 Å². The molecule has 1 N–H and O–H groups in total. The molecular formula is C18H14N2O2. The third-order valence-corrected chi connectivity index (χ3v) is 3.35. The average Bonchev–Trinajstić information content (AvgIpc) is 2.57. The first-order chi connectivity index (χ1) is 10.7. The molecule has 0 aliphatic heterocycles. The Kier molecular flexibility index (Phi) is 3.83. The Morgan fingerprint density at radius 3 is 2.09 bits per heavy atom. The summed E-state index contributed by atoms with van der Waals surface area (Å²) in [6.45, 7) is 0. The molecule has 0 fully saturated rings. The lowest BCUT2D eigenvalue weighted by Gasteiger charge is -2.12. The zero-order valence-electron chi connectivity index (χ0n) is 11.8. The van der Waals surface area contributed by atoms with E-state index < -0.39 is 0 Å². The van der Waals surface area contributed by atoms with Gasteiger partial charge in [0.25, 0.3) is 5.69 Å². The number of nitrogens with zero attached hydrogens (tertiary/aromatic N) is 1. The molecule has 22 heavy (non-hydrogen) atoms. The molecule has 0 radical (unpaired) electrons. The van der Waals surface area contributed by atoms with Crippen LogP contribution in [0.1, 0.15) is 0 Å². The summed E-state index contributed by atoms with van der Waals surface area (Å²) in [5.74, 6) is 0. The minimum atomic E-state index is -0.376. The van der Waals surface area contributed by atoms with E-state index in [0.29, 0.717) is 0 Å². The van der Waals surface area contributed by atoms with Gasteiger partial charge in [-0.1, -0.05) is 48.5 Å². The normalized spacial score (nSPS) is 10.2.